The summed E-state index contributed by atoms with van der Waals surface area (Å²) in [5, 5.41) is 8.58. The molecule has 0 spiro atoms. The zero-order valence-corrected chi connectivity index (χ0v) is 33.2. The topological polar surface area (TPSA) is 21.3 Å². The van der Waals surface area contributed by atoms with Gasteiger partial charge in [0.05, 0.1) is 23.0 Å². The van der Waals surface area contributed by atoms with Crippen molar-refractivity contribution in [2.45, 2.75) is 26.2 Å². The van der Waals surface area contributed by atoms with Crippen LogP contribution in [0.2, 0.25) is 0 Å². The van der Waals surface area contributed by atoms with Crippen LogP contribution in [-0.2, 0) is 5.41 Å². The number of para-hydroxylation sites is 2. The molecule has 0 unspecified atom stereocenters. The van der Waals surface area contributed by atoms with Crippen molar-refractivity contribution in [2.75, 3.05) is 4.90 Å². The summed E-state index contributed by atoms with van der Waals surface area (Å²) in [6, 6.07) is 67.0. The summed E-state index contributed by atoms with van der Waals surface area (Å²) >= 11 is 0. The molecule has 0 saturated heterocycles. The van der Waals surface area contributed by atoms with Crippen molar-refractivity contribution < 1.29 is 4.42 Å². The van der Waals surface area contributed by atoms with E-state index < -0.39 is 0 Å². The molecule has 0 aliphatic heterocycles. The first-order valence-corrected chi connectivity index (χ1v) is 20.5. The highest BCUT2D eigenvalue weighted by molar-refractivity contribution is 6.13. The predicted octanol–water partition coefficient (Wildman–Crippen LogP) is 15.9. The molecule has 3 heteroatoms. The van der Waals surface area contributed by atoms with Crippen molar-refractivity contribution in [2.24, 2.45) is 0 Å². The minimum absolute atomic E-state index is 0.0483. The maximum Gasteiger partial charge on any atom is 0.143 e. The Balaban J connectivity index is 0.982. The van der Waals surface area contributed by atoms with Crippen molar-refractivity contribution in [3.05, 3.63) is 194 Å². The van der Waals surface area contributed by atoms with Gasteiger partial charge in [-0.3, -0.25) is 0 Å². The smallest absolute Gasteiger partial charge is 0.143 e. The van der Waals surface area contributed by atoms with Crippen LogP contribution in [-0.4, -0.2) is 4.57 Å². The molecule has 0 atom stereocenters. The van der Waals surface area contributed by atoms with Gasteiger partial charge in [-0.15, -0.1) is 0 Å². The molecule has 0 fully saturated rings. The molecule has 0 radical (unpaired) electrons. The summed E-state index contributed by atoms with van der Waals surface area (Å²) < 4.78 is 8.63. The SMILES string of the molecule is CC(C)(C)c1ccc(N(c2ccc3cc4c(cc3c2)-c2cc3ccc(-n5c6ccccc6c6ccccc65)cc3cc2-4)c2ccc3ccoc3c2-c2ccccc2)cc1. The number of fused-ring (bicyclic) bond motifs is 10. The maximum absolute atomic E-state index is 6.23. The first-order valence-electron chi connectivity index (χ1n) is 20.5. The van der Waals surface area contributed by atoms with Crippen molar-refractivity contribution >= 4 is 71.4 Å². The van der Waals surface area contributed by atoms with Crippen LogP contribution in [0.15, 0.2) is 193 Å². The number of rotatable bonds is 5. The van der Waals surface area contributed by atoms with Crippen molar-refractivity contribution in [1.29, 1.82) is 0 Å². The summed E-state index contributed by atoms with van der Waals surface area (Å²) in [7, 11) is 0. The van der Waals surface area contributed by atoms with Crippen LogP contribution >= 0.6 is 0 Å². The monoisotopic (exact) mass is 756 g/mol. The molecule has 2 heterocycles. The van der Waals surface area contributed by atoms with E-state index in [9.17, 15) is 0 Å². The lowest BCUT2D eigenvalue weighted by molar-refractivity contribution is 0.590. The van der Waals surface area contributed by atoms with E-state index >= 15 is 0 Å². The van der Waals surface area contributed by atoms with E-state index in [1.807, 2.05) is 6.07 Å². The summed E-state index contributed by atoms with van der Waals surface area (Å²) in [6.45, 7) is 6.80. The van der Waals surface area contributed by atoms with Gasteiger partial charge in [0.15, 0.2) is 0 Å². The molecule has 1 aliphatic carbocycles. The number of aromatic nitrogens is 1. The van der Waals surface area contributed by atoms with E-state index in [-0.39, 0.29) is 5.41 Å². The lowest BCUT2D eigenvalue weighted by atomic mass is 9.78. The van der Waals surface area contributed by atoms with E-state index in [0.717, 1.165) is 39.2 Å². The lowest BCUT2D eigenvalue weighted by Crippen LogP contribution is -2.14. The molecular weight excluding hydrogens is 717 g/mol. The summed E-state index contributed by atoms with van der Waals surface area (Å²) in [5.41, 5.74) is 16.6. The molecule has 3 nitrogen and oxygen atoms in total. The van der Waals surface area contributed by atoms with E-state index in [4.69, 9.17) is 4.42 Å². The third kappa shape index (κ3) is 5.21. The van der Waals surface area contributed by atoms with E-state index in [1.54, 1.807) is 6.26 Å². The van der Waals surface area contributed by atoms with Crippen LogP contribution in [0.3, 0.4) is 0 Å². The van der Waals surface area contributed by atoms with Gasteiger partial charge < -0.3 is 13.9 Å². The Bertz CT molecular complexity index is 3420. The van der Waals surface area contributed by atoms with E-state index in [0.29, 0.717) is 0 Å². The zero-order valence-electron chi connectivity index (χ0n) is 33.2. The standard InChI is InChI=1S/C56H40N2O/c1-56(2,3)41-20-24-42(25-21-41)57(53-26-19-36-27-28-59-55(36)54(53)35-11-5-4-6-12-35)43-22-17-37-31-47-49(33-39(37)29-43)48-32-38-18-23-44(30-40(38)34-50(47)48)58-51-15-9-7-13-45(51)46-14-8-10-16-52(46)58/h4-34H,1-3H3. The number of anilines is 3. The van der Waals surface area contributed by atoms with Gasteiger partial charge in [0.25, 0.3) is 0 Å². The fourth-order valence-corrected chi connectivity index (χ4v) is 9.51. The van der Waals surface area contributed by atoms with Crippen LogP contribution in [0.1, 0.15) is 26.3 Å². The van der Waals surface area contributed by atoms with Gasteiger partial charge in [-0.25, -0.2) is 0 Å². The van der Waals surface area contributed by atoms with Gasteiger partial charge in [0.1, 0.15) is 5.58 Å². The minimum atomic E-state index is 0.0483. The van der Waals surface area contributed by atoms with Crippen LogP contribution in [0.4, 0.5) is 17.1 Å². The summed E-state index contributed by atoms with van der Waals surface area (Å²) in [5.74, 6) is 0. The molecule has 9 aromatic carbocycles. The molecule has 280 valence electrons. The number of benzene rings is 9. The van der Waals surface area contributed by atoms with Gasteiger partial charge in [-0.1, -0.05) is 112 Å². The lowest BCUT2D eigenvalue weighted by Gasteiger charge is -2.30. The van der Waals surface area contributed by atoms with Crippen LogP contribution in [0, 0.1) is 0 Å². The average molecular weight is 757 g/mol. The number of hydrogen-bond donors (Lipinski definition) is 0. The number of hydrogen-bond acceptors (Lipinski definition) is 2. The Morgan fingerprint density at radius 3 is 1.68 bits per heavy atom. The zero-order chi connectivity index (χ0) is 39.4. The van der Waals surface area contributed by atoms with E-state index in [2.05, 4.69) is 206 Å². The first-order chi connectivity index (χ1) is 28.9. The normalized spacial score (nSPS) is 12.3. The quantitative estimate of drug-likeness (QED) is 0.174. The second-order valence-electron chi connectivity index (χ2n) is 17.0. The molecule has 0 N–H and O–H groups in total. The Kier molecular flexibility index (Phi) is 7.19. The molecule has 1 aliphatic rings. The molecule has 0 amide bonds. The summed E-state index contributed by atoms with van der Waals surface area (Å²) in [6.07, 6.45) is 1.79. The largest absolute Gasteiger partial charge is 0.464 e. The minimum Gasteiger partial charge on any atom is -0.464 e. The molecule has 59 heavy (non-hydrogen) atoms. The fraction of sp³-hybridized carbons (Fsp3) is 0.0714. The summed E-state index contributed by atoms with van der Waals surface area (Å²) in [4.78, 5) is 2.39. The van der Waals surface area contributed by atoms with Gasteiger partial charge in [-0.05, 0) is 151 Å². The van der Waals surface area contributed by atoms with Gasteiger partial charge in [0.2, 0.25) is 0 Å². The molecule has 2 aromatic heterocycles. The van der Waals surface area contributed by atoms with Crippen molar-refractivity contribution in [3.8, 4) is 39.1 Å². The molecule has 0 saturated carbocycles. The Morgan fingerprint density at radius 1 is 0.458 bits per heavy atom. The van der Waals surface area contributed by atoms with Crippen molar-refractivity contribution in [3.63, 3.8) is 0 Å². The Morgan fingerprint density at radius 2 is 1.02 bits per heavy atom. The van der Waals surface area contributed by atoms with Crippen LogP contribution in [0.5, 0.6) is 0 Å². The van der Waals surface area contributed by atoms with Crippen LogP contribution in [0.25, 0.3) is 93.4 Å². The van der Waals surface area contributed by atoms with Crippen LogP contribution < -0.4 is 4.90 Å². The third-order valence-corrected chi connectivity index (χ3v) is 12.5. The Hall–Kier alpha value is -7.36. The third-order valence-electron chi connectivity index (χ3n) is 12.5. The molecular formula is C56H40N2O. The molecule has 12 rings (SSSR count). The fourth-order valence-electron chi connectivity index (χ4n) is 9.51. The van der Waals surface area contributed by atoms with Gasteiger partial charge in [0, 0.05) is 38.8 Å². The molecule has 0 bridgehead atoms. The number of furan rings is 1. The highest BCUT2D eigenvalue weighted by Crippen LogP contribution is 2.52. The second kappa shape index (κ2) is 12.6. The highest BCUT2D eigenvalue weighted by atomic mass is 16.3. The average Bonchev–Trinajstić information content (AvgIpc) is 3.88. The highest BCUT2D eigenvalue weighted by Gasteiger charge is 2.26. The Labute approximate surface area is 343 Å². The predicted molar refractivity (Wildman–Crippen MR) is 249 cm³/mol. The molecule has 11 aromatic rings. The van der Waals surface area contributed by atoms with Crippen molar-refractivity contribution in [1.82, 2.24) is 4.57 Å². The van der Waals surface area contributed by atoms with Gasteiger partial charge >= 0.3 is 0 Å². The number of nitrogens with zero attached hydrogens (tertiary/aromatic N) is 2. The second-order valence-corrected chi connectivity index (χ2v) is 17.0. The first kappa shape index (κ1) is 33.7. The van der Waals surface area contributed by atoms with E-state index in [1.165, 1.54) is 76.9 Å². The maximum atomic E-state index is 6.23. The van der Waals surface area contributed by atoms with Gasteiger partial charge in [-0.2, -0.15) is 0 Å².